The van der Waals surface area contributed by atoms with Crippen LogP contribution in [0.2, 0.25) is 0 Å². The molecule has 1 aliphatic rings. The fourth-order valence-corrected chi connectivity index (χ4v) is 1.21. The van der Waals surface area contributed by atoms with Gasteiger partial charge in [-0.05, 0) is 6.92 Å². The first-order valence-corrected chi connectivity index (χ1v) is 3.58. The van der Waals surface area contributed by atoms with Crippen LogP contribution in [-0.2, 0) is 4.79 Å². The van der Waals surface area contributed by atoms with Crippen molar-refractivity contribution in [2.45, 2.75) is 25.0 Å². The zero-order valence-electron chi connectivity index (χ0n) is 6.74. The van der Waals surface area contributed by atoms with E-state index in [1.807, 2.05) is 0 Å². The molecule has 4 heteroatoms. The number of nitrogens with zero attached hydrogens (tertiary/aromatic N) is 1. The predicted octanol–water partition coefficient (Wildman–Crippen LogP) is -1.04. The highest BCUT2D eigenvalue weighted by Crippen LogP contribution is 2.20. The van der Waals surface area contributed by atoms with Crippen LogP contribution < -0.4 is 0 Å². The van der Waals surface area contributed by atoms with Gasteiger partial charge in [0.2, 0.25) is 5.91 Å². The molecule has 0 aromatic heterocycles. The quantitative estimate of drug-likeness (QED) is 0.474. The molecule has 0 aromatic rings. The molecule has 1 aliphatic heterocycles. The molecule has 11 heavy (non-hydrogen) atoms. The number of carbonyl (C=O) groups excluding carboxylic acids is 1. The predicted molar refractivity (Wildman–Crippen MR) is 38.9 cm³/mol. The number of aliphatic hydroxyl groups is 2. The standard InChI is InChI=1S/C7H13NO3/c1-7(11)4-8(2)6(10)3-5(7)9/h5,9,11H,3-4H2,1-2H3. The minimum Gasteiger partial charge on any atom is -0.390 e. The van der Waals surface area contributed by atoms with Gasteiger partial charge in [-0.25, -0.2) is 0 Å². The Balaban J connectivity index is 2.70. The zero-order valence-corrected chi connectivity index (χ0v) is 6.74. The van der Waals surface area contributed by atoms with Gasteiger partial charge in [0.05, 0.1) is 19.1 Å². The van der Waals surface area contributed by atoms with Crippen molar-refractivity contribution >= 4 is 5.91 Å². The van der Waals surface area contributed by atoms with E-state index in [-0.39, 0.29) is 18.9 Å². The number of carbonyl (C=O) groups is 1. The Kier molecular flexibility index (Phi) is 1.90. The van der Waals surface area contributed by atoms with Gasteiger partial charge in [0.1, 0.15) is 5.60 Å². The van der Waals surface area contributed by atoms with E-state index in [1.54, 1.807) is 7.05 Å². The van der Waals surface area contributed by atoms with Gasteiger partial charge in [0, 0.05) is 7.05 Å². The van der Waals surface area contributed by atoms with E-state index in [9.17, 15) is 15.0 Å². The lowest BCUT2D eigenvalue weighted by Gasteiger charge is -2.38. The van der Waals surface area contributed by atoms with Crippen molar-refractivity contribution in [1.82, 2.24) is 4.90 Å². The van der Waals surface area contributed by atoms with Crippen LogP contribution in [0.1, 0.15) is 13.3 Å². The van der Waals surface area contributed by atoms with E-state index >= 15 is 0 Å². The van der Waals surface area contributed by atoms with Crippen molar-refractivity contribution in [3.8, 4) is 0 Å². The Hall–Kier alpha value is -0.610. The summed E-state index contributed by atoms with van der Waals surface area (Å²) in [5.41, 5.74) is -1.15. The molecule has 0 aliphatic carbocycles. The number of aliphatic hydroxyl groups excluding tert-OH is 1. The number of hydrogen-bond acceptors (Lipinski definition) is 3. The van der Waals surface area contributed by atoms with Gasteiger partial charge in [-0.3, -0.25) is 4.79 Å². The number of likely N-dealkylation sites (tertiary alicyclic amines) is 1. The maximum Gasteiger partial charge on any atom is 0.225 e. The number of amides is 1. The molecule has 0 radical (unpaired) electrons. The van der Waals surface area contributed by atoms with Crippen molar-refractivity contribution in [2.75, 3.05) is 13.6 Å². The summed E-state index contributed by atoms with van der Waals surface area (Å²) in [4.78, 5) is 12.4. The molecular weight excluding hydrogens is 146 g/mol. The normalized spacial score (nSPS) is 39.5. The van der Waals surface area contributed by atoms with E-state index < -0.39 is 11.7 Å². The second-order valence-corrected chi connectivity index (χ2v) is 3.33. The van der Waals surface area contributed by atoms with Gasteiger partial charge in [0.25, 0.3) is 0 Å². The minimum atomic E-state index is -1.15. The first-order valence-electron chi connectivity index (χ1n) is 3.58. The highest BCUT2D eigenvalue weighted by Gasteiger charge is 2.39. The molecule has 64 valence electrons. The van der Waals surface area contributed by atoms with Crippen molar-refractivity contribution in [2.24, 2.45) is 0 Å². The summed E-state index contributed by atoms with van der Waals surface area (Å²) in [7, 11) is 1.61. The highest BCUT2D eigenvalue weighted by atomic mass is 16.3. The SMILES string of the molecule is CN1CC(C)(O)C(O)CC1=O. The lowest BCUT2D eigenvalue weighted by atomic mass is 9.92. The molecule has 1 heterocycles. The summed E-state index contributed by atoms with van der Waals surface area (Å²) < 4.78 is 0. The Bertz CT molecular complexity index is 179. The number of β-amino-alcohol motifs (C(OH)–C–C–N with tert-alkyl or cyclic N) is 1. The monoisotopic (exact) mass is 159 g/mol. The first kappa shape index (κ1) is 8.49. The van der Waals surface area contributed by atoms with Crippen molar-refractivity contribution in [3.05, 3.63) is 0 Å². The van der Waals surface area contributed by atoms with Gasteiger partial charge in [-0.1, -0.05) is 0 Å². The third kappa shape index (κ3) is 1.52. The second-order valence-electron chi connectivity index (χ2n) is 3.33. The van der Waals surface area contributed by atoms with Crippen LogP contribution in [0.15, 0.2) is 0 Å². The largest absolute Gasteiger partial charge is 0.390 e. The fourth-order valence-electron chi connectivity index (χ4n) is 1.21. The summed E-state index contributed by atoms with van der Waals surface area (Å²) in [6, 6.07) is 0. The van der Waals surface area contributed by atoms with Crippen molar-refractivity contribution < 1.29 is 15.0 Å². The van der Waals surface area contributed by atoms with Gasteiger partial charge >= 0.3 is 0 Å². The van der Waals surface area contributed by atoms with Crippen LogP contribution in [0.4, 0.5) is 0 Å². The summed E-state index contributed by atoms with van der Waals surface area (Å²) in [6.07, 6.45) is -0.907. The third-order valence-corrected chi connectivity index (χ3v) is 2.07. The average Bonchev–Trinajstić information content (AvgIpc) is 1.83. The van der Waals surface area contributed by atoms with E-state index in [1.165, 1.54) is 11.8 Å². The van der Waals surface area contributed by atoms with E-state index in [0.29, 0.717) is 0 Å². The summed E-state index contributed by atoms with van der Waals surface area (Å²) in [5, 5.41) is 18.7. The molecular formula is C7H13NO3. The van der Waals surface area contributed by atoms with Crippen LogP contribution in [-0.4, -0.2) is 46.3 Å². The Labute approximate surface area is 65.4 Å². The number of likely N-dealkylation sites (N-methyl/N-ethyl adjacent to an activating group) is 1. The van der Waals surface area contributed by atoms with Crippen molar-refractivity contribution in [3.63, 3.8) is 0 Å². The number of rotatable bonds is 0. The molecule has 0 aromatic carbocycles. The van der Waals surface area contributed by atoms with Gasteiger partial charge in [-0.15, -0.1) is 0 Å². The lowest BCUT2D eigenvalue weighted by molar-refractivity contribution is -0.155. The van der Waals surface area contributed by atoms with Crippen LogP contribution >= 0.6 is 0 Å². The maximum absolute atomic E-state index is 10.9. The number of piperidine rings is 1. The van der Waals surface area contributed by atoms with Gasteiger partial charge < -0.3 is 15.1 Å². The Morgan fingerprint density at radius 3 is 2.73 bits per heavy atom. The Morgan fingerprint density at radius 2 is 2.27 bits per heavy atom. The molecule has 1 amide bonds. The summed E-state index contributed by atoms with van der Waals surface area (Å²) in [6.45, 7) is 1.73. The number of hydrogen-bond donors (Lipinski definition) is 2. The molecule has 1 rings (SSSR count). The van der Waals surface area contributed by atoms with Crippen LogP contribution in [0.3, 0.4) is 0 Å². The minimum absolute atomic E-state index is 0.0174. The average molecular weight is 159 g/mol. The molecule has 2 unspecified atom stereocenters. The zero-order chi connectivity index (χ0) is 8.65. The van der Waals surface area contributed by atoms with Gasteiger partial charge in [-0.2, -0.15) is 0 Å². The maximum atomic E-state index is 10.9. The third-order valence-electron chi connectivity index (χ3n) is 2.07. The van der Waals surface area contributed by atoms with Crippen LogP contribution in [0, 0.1) is 0 Å². The van der Waals surface area contributed by atoms with E-state index in [0.717, 1.165) is 0 Å². The Morgan fingerprint density at radius 1 is 1.73 bits per heavy atom. The molecule has 0 bridgehead atoms. The van der Waals surface area contributed by atoms with Crippen molar-refractivity contribution in [1.29, 1.82) is 0 Å². The molecule has 0 saturated carbocycles. The molecule has 2 N–H and O–H groups in total. The second kappa shape index (κ2) is 2.46. The molecule has 1 fully saturated rings. The summed E-state index contributed by atoms with van der Waals surface area (Å²) in [5.74, 6) is -0.121. The molecule has 1 saturated heterocycles. The summed E-state index contributed by atoms with van der Waals surface area (Å²) >= 11 is 0. The van der Waals surface area contributed by atoms with E-state index in [4.69, 9.17) is 0 Å². The van der Waals surface area contributed by atoms with Crippen LogP contribution in [0.25, 0.3) is 0 Å². The lowest BCUT2D eigenvalue weighted by Crippen LogP contribution is -2.56. The topological polar surface area (TPSA) is 60.8 Å². The van der Waals surface area contributed by atoms with Crippen LogP contribution in [0.5, 0.6) is 0 Å². The fraction of sp³-hybridized carbons (Fsp3) is 0.857. The highest BCUT2D eigenvalue weighted by molar-refractivity contribution is 5.77. The smallest absolute Gasteiger partial charge is 0.225 e. The van der Waals surface area contributed by atoms with Gasteiger partial charge in [0.15, 0.2) is 0 Å². The molecule has 0 spiro atoms. The van der Waals surface area contributed by atoms with E-state index in [2.05, 4.69) is 0 Å². The molecule has 2 atom stereocenters. The first-order chi connectivity index (χ1) is 4.93. The molecule has 4 nitrogen and oxygen atoms in total.